The Morgan fingerprint density at radius 3 is 2.12 bits per heavy atom. The van der Waals surface area contributed by atoms with Crippen molar-refractivity contribution in [2.24, 2.45) is 11.0 Å². The SMILES string of the molecule is CC(C)C(=O)Nc1ccc(C(=O)NN=C2CCCCCCC2)cc1. The van der Waals surface area contributed by atoms with Crippen molar-refractivity contribution in [3.63, 3.8) is 0 Å². The molecule has 1 aromatic carbocycles. The summed E-state index contributed by atoms with van der Waals surface area (Å²) in [5.74, 6) is -0.332. The van der Waals surface area contributed by atoms with Crippen LogP contribution < -0.4 is 10.7 Å². The Labute approximate surface area is 143 Å². The molecule has 5 nitrogen and oxygen atoms in total. The molecule has 2 rings (SSSR count). The van der Waals surface area contributed by atoms with Crippen molar-refractivity contribution in [3.8, 4) is 0 Å². The van der Waals surface area contributed by atoms with Gasteiger partial charge in [-0.1, -0.05) is 33.1 Å². The topological polar surface area (TPSA) is 70.6 Å². The highest BCUT2D eigenvalue weighted by atomic mass is 16.2. The lowest BCUT2D eigenvalue weighted by Crippen LogP contribution is -2.20. The molecule has 0 atom stereocenters. The van der Waals surface area contributed by atoms with Gasteiger partial charge < -0.3 is 5.32 Å². The van der Waals surface area contributed by atoms with E-state index in [9.17, 15) is 9.59 Å². The molecule has 1 saturated carbocycles. The van der Waals surface area contributed by atoms with E-state index in [0.29, 0.717) is 11.3 Å². The standard InChI is InChI=1S/C19H27N3O2/c1-14(2)18(23)20-16-12-10-15(11-13-16)19(24)22-21-17-8-6-4-3-5-7-9-17/h10-14H,3-9H2,1-2H3,(H,20,23)(H,22,24). The summed E-state index contributed by atoms with van der Waals surface area (Å²) < 4.78 is 0. The molecule has 0 spiro atoms. The molecule has 0 unspecified atom stereocenters. The van der Waals surface area contributed by atoms with E-state index in [1.807, 2.05) is 13.8 Å². The van der Waals surface area contributed by atoms with Gasteiger partial charge in [-0.05, 0) is 49.9 Å². The van der Waals surface area contributed by atoms with E-state index in [1.54, 1.807) is 24.3 Å². The van der Waals surface area contributed by atoms with E-state index in [-0.39, 0.29) is 17.7 Å². The van der Waals surface area contributed by atoms with Crippen LogP contribution in [-0.2, 0) is 4.79 Å². The monoisotopic (exact) mass is 329 g/mol. The van der Waals surface area contributed by atoms with Gasteiger partial charge in [0, 0.05) is 22.9 Å². The summed E-state index contributed by atoms with van der Waals surface area (Å²) in [5, 5.41) is 7.11. The van der Waals surface area contributed by atoms with Gasteiger partial charge in [-0.25, -0.2) is 5.43 Å². The third-order valence-corrected chi connectivity index (χ3v) is 4.19. The van der Waals surface area contributed by atoms with Crippen LogP contribution in [0, 0.1) is 5.92 Å². The van der Waals surface area contributed by atoms with Crippen molar-refractivity contribution in [1.82, 2.24) is 5.43 Å². The zero-order chi connectivity index (χ0) is 17.4. The minimum Gasteiger partial charge on any atom is -0.326 e. The lowest BCUT2D eigenvalue weighted by atomic mass is 9.99. The molecule has 0 radical (unpaired) electrons. The van der Waals surface area contributed by atoms with E-state index in [1.165, 1.54) is 19.3 Å². The van der Waals surface area contributed by atoms with E-state index >= 15 is 0 Å². The summed E-state index contributed by atoms with van der Waals surface area (Å²) >= 11 is 0. The third kappa shape index (κ3) is 5.80. The highest BCUT2D eigenvalue weighted by molar-refractivity contribution is 5.97. The summed E-state index contributed by atoms with van der Waals surface area (Å²) in [5.41, 5.74) is 4.97. The van der Waals surface area contributed by atoms with Crippen LogP contribution in [0.2, 0.25) is 0 Å². The lowest BCUT2D eigenvalue weighted by molar-refractivity contribution is -0.118. The molecule has 130 valence electrons. The predicted octanol–water partition coefficient (Wildman–Crippen LogP) is 4.11. The van der Waals surface area contributed by atoms with Crippen molar-refractivity contribution < 1.29 is 9.59 Å². The largest absolute Gasteiger partial charge is 0.326 e. The molecule has 0 bridgehead atoms. The Kier molecular flexibility index (Phi) is 6.97. The second-order valence-corrected chi connectivity index (χ2v) is 6.61. The summed E-state index contributed by atoms with van der Waals surface area (Å²) in [4.78, 5) is 23.8. The van der Waals surface area contributed by atoms with Gasteiger partial charge >= 0.3 is 0 Å². The summed E-state index contributed by atoms with van der Waals surface area (Å²) in [6, 6.07) is 6.86. The molecule has 1 aromatic rings. The predicted molar refractivity (Wildman–Crippen MR) is 97.1 cm³/mol. The Balaban J connectivity index is 1.91. The molecule has 0 aliphatic heterocycles. The van der Waals surface area contributed by atoms with E-state index in [0.717, 1.165) is 31.4 Å². The molecule has 1 aliphatic rings. The molecule has 5 heteroatoms. The number of nitrogens with one attached hydrogen (secondary N) is 2. The van der Waals surface area contributed by atoms with Crippen LogP contribution in [0.25, 0.3) is 0 Å². The van der Waals surface area contributed by atoms with E-state index in [2.05, 4.69) is 15.8 Å². The summed E-state index contributed by atoms with van der Waals surface area (Å²) in [7, 11) is 0. The minimum absolute atomic E-state index is 0.0390. The second kappa shape index (κ2) is 9.21. The molecule has 1 fully saturated rings. The van der Waals surface area contributed by atoms with E-state index < -0.39 is 0 Å². The molecular weight excluding hydrogens is 302 g/mol. The first kappa shape index (κ1) is 18.2. The van der Waals surface area contributed by atoms with Crippen LogP contribution in [-0.4, -0.2) is 17.5 Å². The maximum Gasteiger partial charge on any atom is 0.271 e. The maximum atomic E-state index is 12.2. The van der Waals surface area contributed by atoms with Gasteiger partial charge in [0.05, 0.1) is 0 Å². The molecule has 0 saturated heterocycles. The average Bonchev–Trinajstić information content (AvgIpc) is 2.54. The van der Waals surface area contributed by atoms with Crippen molar-refractivity contribution >= 4 is 23.2 Å². The van der Waals surface area contributed by atoms with Gasteiger partial charge in [-0.2, -0.15) is 5.10 Å². The summed E-state index contributed by atoms with van der Waals surface area (Å²) in [6.07, 6.45) is 8.05. The van der Waals surface area contributed by atoms with Crippen LogP contribution in [0.15, 0.2) is 29.4 Å². The lowest BCUT2D eigenvalue weighted by Gasteiger charge is -2.11. The van der Waals surface area contributed by atoms with Crippen molar-refractivity contribution in [2.45, 2.75) is 58.8 Å². The van der Waals surface area contributed by atoms with Crippen LogP contribution in [0.4, 0.5) is 5.69 Å². The number of rotatable bonds is 4. The normalized spacial score (nSPS) is 15.4. The second-order valence-electron chi connectivity index (χ2n) is 6.61. The summed E-state index contributed by atoms with van der Waals surface area (Å²) in [6.45, 7) is 3.68. The quantitative estimate of drug-likeness (QED) is 0.816. The van der Waals surface area contributed by atoms with Gasteiger partial charge in [-0.3, -0.25) is 9.59 Å². The molecule has 24 heavy (non-hydrogen) atoms. The van der Waals surface area contributed by atoms with Crippen LogP contribution in [0.1, 0.15) is 69.2 Å². The van der Waals surface area contributed by atoms with Gasteiger partial charge in [0.15, 0.2) is 0 Å². The van der Waals surface area contributed by atoms with Crippen molar-refractivity contribution in [1.29, 1.82) is 0 Å². The zero-order valence-electron chi connectivity index (χ0n) is 14.6. The number of hydrogen-bond donors (Lipinski definition) is 2. The fraction of sp³-hybridized carbons (Fsp3) is 0.526. The molecule has 2 amide bonds. The third-order valence-electron chi connectivity index (χ3n) is 4.19. The number of nitrogens with zero attached hydrogens (tertiary/aromatic N) is 1. The highest BCUT2D eigenvalue weighted by Crippen LogP contribution is 2.15. The number of carbonyl (C=O) groups is 2. The van der Waals surface area contributed by atoms with Gasteiger partial charge in [0.25, 0.3) is 5.91 Å². The molecule has 0 aromatic heterocycles. The van der Waals surface area contributed by atoms with E-state index in [4.69, 9.17) is 0 Å². The van der Waals surface area contributed by atoms with Gasteiger partial charge in [0.1, 0.15) is 0 Å². The van der Waals surface area contributed by atoms with Gasteiger partial charge in [0.2, 0.25) is 5.91 Å². The first-order valence-corrected chi connectivity index (χ1v) is 8.83. The molecule has 2 N–H and O–H groups in total. The number of hydrogen-bond acceptors (Lipinski definition) is 3. The van der Waals surface area contributed by atoms with Crippen LogP contribution in [0.3, 0.4) is 0 Å². The minimum atomic E-state index is -0.216. The fourth-order valence-corrected chi connectivity index (χ4v) is 2.61. The maximum absolute atomic E-state index is 12.2. The Bertz CT molecular complexity index is 581. The number of benzene rings is 1. The fourth-order valence-electron chi connectivity index (χ4n) is 2.61. The molecule has 0 heterocycles. The smallest absolute Gasteiger partial charge is 0.271 e. The highest BCUT2D eigenvalue weighted by Gasteiger charge is 2.10. The first-order valence-electron chi connectivity index (χ1n) is 8.83. The zero-order valence-corrected chi connectivity index (χ0v) is 14.6. The number of hydrazone groups is 1. The van der Waals surface area contributed by atoms with Gasteiger partial charge in [-0.15, -0.1) is 0 Å². The Morgan fingerprint density at radius 1 is 0.958 bits per heavy atom. The van der Waals surface area contributed by atoms with Crippen molar-refractivity contribution in [2.75, 3.05) is 5.32 Å². The molecule has 1 aliphatic carbocycles. The number of anilines is 1. The number of amides is 2. The Hall–Kier alpha value is -2.17. The first-order chi connectivity index (χ1) is 11.6. The number of carbonyl (C=O) groups excluding carboxylic acids is 2. The Morgan fingerprint density at radius 2 is 1.54 bits per heavy atom. The van der Waals surface area contributed by atoms with Crippen LogP contribution in [0.5, 0.6) is 0 Å². The average molecular weight is 329 g/mol. The van der Waals surface area contributed by atoms with Crippen LogP contribution >= 0.6 is 0 Å². The molecular formula is C19H27N3O2. The van der Waals surface area contributed by atoms with Crippen molar-refractivity contribution in [3.05, 3.63) is 29.8 Å².